The van der Waals surface area contributed by atoms with E-state index in [1.807, 2.05) is 30.3 Å². The lowest BCUT2D eigenvalue weighted by atomic mass is 10.1. The first-order valence-corrected chi connectivity index (χ1v) is 16.9. The molecule has 0 spiro atoms. The number of nitrogens with one attached hydrogen (secondary N) is 3. The van der Waals surface area contributed by atoms with Crippen molar-refractivity contribution in [2.24, 2.45) is 11.7 Å². The molecule has 0 saturated heterocycles. The van der Waals surface area contributed by atoms with E-state index in [9.17, 15) is 33.0 Å². The second kappa shape index (κ2) is 16.1. The van der Waals surface area contributed by atoms with Crippen LogP contribution >= 0.6 is 7.37 Å². The molecule has 4 amide bonds. The molecular weight excluding hydrogens is 610 g/mol. The molecule has 3 aromatic rings. The number of carbonyl (C=O) groups excluding carboxylic acids is 4. The van der Waals surface area contributed by atoms with Gasteiger partial charge in [0.2, 0.25) is 25.1 Å². The van der Waals surface area contributed by atoms with Crippen LogP contribution in [0.15, 0.2) is 91.0 Å². The van der Waals surface area contributed by atoms with Crippen molar-refractivity contribution < 1.29 is 33.0 Å². The van der Waals surface area contributed by atoms with Gasteiger partial charge < -0.3 is 26.6 Å². The van der Waals surface area contributed by atoms with E-state index >= 15 is 0 Å². The fourth-order valence-electron chi connectivity index (χ4n) is 4.89. The standard InChI is InChI=1S/C34H38FN4O6P/c35-27-15-8-14-26(21-27)33(42)39-31(20-24-11-5-2-6-12-24)46(44,45)22-30(40)37-29(19-25-17-18-25)34(43)38-28(32(36)41)16-7-13-23-9-3-1-4-10-23/h1-15,21,25,28-29,31H,16-20,22H2,(H2,36,41)(H,37,40)(H,38,43)(H,39,42)(H,44,45)/b13-7+/t28-,29?,31?/m0/s1. The number of rotatable bonds is 16. The highest BCUT2D eigenvalue weighted by molar-refractivity contribution is 7.59. The number of nitrogens with two attached hydrogens (primary N) is 1. The van der Waals surface area contributed by atoms with Crippen LogP contribution in [0.5, 0.6) is 0 Å². The van der Waals surface area contributed by atoms with Gasteiger partial charge in [0.05, 0.1) is 0 Å². The maximum Gasteiger partial charge on any atom is 0.252 e. The van der Waals surface area contributed by atoms with Gasteiger partial charge in [0.25, 0.3) is 5.91 Å². The first-order valence-electron chi connectivity index (χ1n) is 15.0. The van der Waals surface area contributed by atoms with Gasteiger partial charge in [0.1, 0.15) is 29.8 Å². The highest BCUT2D eigenvalue weighted by Crippen LogP contribution is 2.46. The SMILES string of the molecule is NC(=O)[C@H](C/C=C/c1ccccc1)NC(=O)C(CC1CC1)NC(=O)CP(=O)(O)C(Cc1ccccc1)NC(=O)c1cccc(F)c1. The van der Waals surface area contributed by atoms with Crippen LogP contribution in [0.2, 0.25) is 0 Å². The average Bonchev–Trinajstić information content (AvgIpc) is 3.84. The highest BCUT2D eigenvalue weighted by Gasteiger charge is 2.37. The first-order chi connectivity index (χ1) is 22.0. The molecule has 0 radical (unpaired) electrons. The van der Waals surface area contributed by atoms with Crippen molar-refractivity contribution in [3.63, 3.8) is 0 Å². The van der Waals surface area contributed by atoms with Gasteiger partial charge in [-0.3, -0.25) is 23.7 Å². The third-order valence-corrected chi connectivity index (χ3v) is 9.60. The summed E-state index contributed by atoms with van der Waals surface area (Å²) < 4.78 is 27.4. The number of halogens is 1. The molecule has 242 valence electrons. The van der Waals surface area contributed by atoms with Crippen LogP contribution in [0.3, 0.4) is 0 Å². The third kappa shape index (κ3) is 10.8. The molecule has 0 aliphatic heterocycles. The summed E-state index contributed by atoms with van der Waals surface area (Å²) in [7, 11) is -4.46. The van der Waals surface area contributed by atoms with Gasteiger partial charge in [-0.2, -0.15) is 0 Å². The van der Waals surface area contributed by atoms with Gasteiger partial charge >= 0.3 is 0 Å². The van der Waals surface area contributed by atoms with Crippen LogP contribution in [0.1, 0.15) is 47.2 Å². The Labute approximate surface area is 267 Å². The minimum atomic E-state index is -4.46. The van der Waals surface area contributed by atoms with Crippen molar-refractivity contribution in [3.8, 4) is 0 Å². The monoisotopic (exact) mass is 648 g/mol. The summed E-state index contributed by atoms with van der Waals surface area (Å²) in [6.45, 7) is 0. The Morgan fingerprint density at radius 2 is 1.59 bits per heavy atom. The number of carbonyl (C=O) groups is 4. The molecule has 3 unspecified atom stereocenters. The maximum absolute atomic E-state index is 13.8. The average molecular weight is 649 g/mol. The van der Waals surface area contributed by atoms with E-state index in [2.05, 4.69) is 16.0 Å². The van der Waals surface area contributed by atoms with Gasteiger partial charge in [-0.05, 0) is 48.1 Å². The molecule has 4 rings (SSSR count). The molecular formula is C34H38FN4O6P. The zero-order chi connectivity index (χ0) is 33.1. The lowest BCUT2D eigenvalue weighted by Crippen LogP contribution is -2.53. The molecule has 12 heteroatoms. The zero-order valence-corrected chi connectivity index (χ0v) is 26.1. The second-order valence-corrected chi connectivity index (χ2v) is 13.9. The molecule has 0 heterocycles. The number of benzene rings is 3. The maximum atomic E-state index is 13.8. The fraction of sp³-hybridized carbons (Fsp3) is 0.294. The molecule has 3 aromatic carbocycles. The van der Waals surface area contributed by atoms with E-state index in [1.54, 1.807) is 42.5 Å². The topological polar surface area (TPSA) is 168 Å². The van der Waals surface area contributed by atoms with Crippen molar-refractivity contribution in [2.45, 2.75) is 50.0 Å². The van der Waals surface area contributed by atoms with E-state index < -0.39 is 60.8 Å². The van der Waals surface area contributed by atoms with Gasteiger partial charge in [-0.1, -0.05) is 91.7 Å². The molecule has 1 fully saturated rings. The first kappa shape index (κ1) is 34.3. The number of hydrogen-bond acceptors (Lipinski definition) is 5. The summed E-state index contributed by atoms with van der Waals surface area (Å²) in [5, 5.41) is 7.68. The second-order valence-electron chi connectivity index (χ2n) is 11.4. The lowest BCUT2D eigenvalue weighted by Gasteiger charge is -2.26. The normalized spacial score (nSPS) is 16.0. The minimum absolute atomic E-state index is 0.0497. The van der Waals surface area contributed by atoms with Crippen LogP contribution in [0.4, 0.5) is 4.39 Å². The van der Waals surface area contributed by atoms with E-state index in [1.165, 1.54) is 18.2 Å². The van der Waals surface area contributed by atoms with Crippen LogP contribution in [0, 0.1) is 11.7 Å². The summed E-state index contributed by atoms with van der Waals surface area (Å²) in [4.78, 5) is 62.7. The van der Waals surface area contributed by atoms with Crippen molar-refractivity contribution in [1.29, 1.82) is 0 Å². The Hall–Kier alpha value is -4.60. The molecule has 4 atom stereocenters. The summed E-state index contributed by atoms with van der Waals surface area (Å²) in [6, 6.07) is 20.8. The summed E-state index contributed by atoms with van der Waals surface area (Å²) >= 11 is 0. The Kier molecular flexibility index (Phi) is 12.0. The van der Waals surface area contributed by atoms with Gasteiger partial charge in [0.15, 0.2) is 0 Å². The van der Waals surface area contributed by atoms with Crippen LogP contribution in [-0.4, -0.2) is 52.6 Å². The lowest BCUT2D eigenvalue weighted by molar-refractivity contribution is -0.131. The highest BCUT2D eigenvalue weighted by atomic mass is 31.2. The van der Waals surface area contributed by atoms with Crippen molar-refractivity contribution in [1.82, 2.24) is 16.0 Å². The van der Waals surface area contributed by atoms with Crippen molar-refractivity contribution >= 4 is 37.1 Å². The predicted octanol–water partition coefficient (Wildman–Crippen LogP) is 3.75. The summed E-state index contributed by atoms with van der Waals surface area (Å²) in [6.07, 6.45) is 4.67. The smallest absolute Gasteiger partial charge is 0.252 e. The fourth-order valence-corrected chi connectivity index (χ4v) is 6.43. The van der Waals surface area contributed by atoms with Crippen molar-refractivity contribution in [2.75, 3.05) is 6.16 Å². The molecule has 1 aliphatic carbocycles. The molecule has 0 aromatic heterocycles. The molecule has 0 bridgehead atoms. The van der Waals surface area contributed by atoms with Gasteiger partial charge in [-0.15, -0.1) is 0 Å². The van der Waals surface area contributed by atoms with Crippen LogP contribution in [0.25, 0.3) is 6.08 Å². The zero-order valence-electron chi connectivity index (χ0n) is 25.2. The van der Waals surface area contributed by atoms with Crippen molar-refractivity contribution in [3.05, 3.63) is 114 Å². The van der Waals surface area contributed by atoms with E-state index in [0.29, 0.717) is 5.56 Å². The minimum Gasteiger partial charge on any atom is -0.368 e. The Balaban J connectivity index is 1.44. The van der Waals surface area contributed by atoms with Gasteiger partial charge in [0, 0.05) is 12.0 Å². The number of primary amides is 1. The summed E-state index contributed by atoms with van der Waals surface area (Å²) in [5.74, 6) is -4.89. The van der Waals surface area contributed by atoms with E-state index in [0.717, 1.165) is 24.5 Å². The predicted molar refractivity (Wildman–Crippen MR) is 173 cm³/mol. The van der Waals surface area contributed by atoms with Crippen LogP contribution < -0.4 is 21.7 Å². The number of hydrogen-bond donors (Lipinski definition) is 5. The Morgan fingerprint density at radius 3 is 2.22 bits per heavy atom. The van der Waals surface area contributed by atoms with Gasteiger partial charge in [-0.25, -0.2) is 4.39 Å². The Morgan fingerprint density at radius 1 is 0.913 bits per heavy atom. The Bertz CT molecular complexity index is 1600. The molecule has 10 nitrogen and oxygen atoms in total. The quantitative estimate of drug-likeness (QED) is 0.148. The third-order valence-electron chi connectivity index (χ3n) is 7.57. The van der Waals surface area contributed by atoms with E-state index in [4.69, 9.17) is 5.73 Å². The molecule has 1 saturated carbocycles. The molecule has 46 heavy (non-hydrogen) atoms. The van der Waals surface area contributed by atoms with Crippen LogP contribution in [-0.2, 0) is 25.4 Å². The largest absolute Gasteiger partial charge is 0.368 e. The summed E-state index contributed by atoms with van der Waals surface area (Å²) in [5.41, 5.74) is 7.04. The molecule has 1 aliphatic rings. The number of amides is 4. The van der Waals surface area contributed by atoms with E-state index in [-0.39, 0.29) is 30.7 Å². The molecule has 6 N–H and O–H groups in total.